The summed E-state index contributed by atoms with van der Waals surface area (Å²) < 4.78 is 0. The molecule has 0 heterocycles. The van der Waals surface area contributed by atoms with Gasteiger partial charge in [0, 0.05) is 13.1 Å². The minimum absolute atomic E-state index is 0.819. The van der Waals surface area contributed by atoms with E-state index in [0.29, 0.717) is 0 Å². The van der Waals surface area contributed by atoms with E-state index in [4.69, 9.17) is 5.73 Å². The minimum Gasteiger partial charge on any atom is -0.330 e. The summed E-state index contributed by atoms with van der Waals surface area (Å²) in [4.78, 5) is 0. The van der Waals surface area contributed by atoms with Gasteiger partial charge in [0.05, 0.1) is 0 Å². The molecule has 11 N–H and O–H groups in total. The summed E-state index contributed by atoms with van der Waals surface area (Å²) in [6.07, 6.45) is 1.10. The fraction of sp³-hybridized carbons (Fsp3) is 1.00. The highest BCUT2D eigenvalue weighted by atomic mass is 15.3. The Bertz CT molecular complexity index is 48.3. The lowest BCUT2D eigenvalue weighted by atomic mass is 10.5. The molecule has 0 unspecified atom stereocenters. The molecule has 0 aromatic rings. The summed E-state index contributed by atoms with van der Waals surface area (Å²) in [6.45, 7) is 8.98. The van der Waals surface area contributed by atoms with Crippen LogP contribution in [0.4, 0.5) is 0 Å². The first-order valence-electron chi connectivity index (χ1n) is 5.11. The van der Waals surface area contributed by atoms with Crippen LogP contribution >= 0.6 is 0 Å². The van der Waals surface area contributed by atoms with Crippen LogP contribution < -0.4 is 39.5 Å². The molecule has 0 spiro atoms. The molecule has 0 saturated heterocycles. The van der Waals surface area contributed by atoms with Crippen LogP contribution in [0.5, 0.6) is 0 Å². The first-order chi connectivity index (χ1) is 7.24. The molecule has 0 aliphatic rings. The van der Waals surface area contributed by atoms with Gasteiger partial charge in [-0.3, -0.25) is 33.8 Å². The molecule has 7 nitrogen and oxygen atoms in total. The van der Waals surface area contributed by atoms with Crippen LogP contribution in [0.15, 0.2) is 0 Å². The van der Waals surface area contributed by atoms with E-state index in [1.54, 1.807) is 7.05 Å². The first kappa shape index (κ1) is 24.1. The van der Waals surface area contributed by atoms with Crippen molar-refractivity contribution >= 4 is 0 Å². The minimum atomic E-state index is 0.819. The average molecular weight is 225 g/mol. The monoisotopic (exact) mass is 225 g/mol. The van der Waals surface area contributed by atoms with Gasteiger partial charge in [0.1, 0.15) is 0 Å². The fourth-order valence-electron chi connectivity index (χ4n) is 0.250. The van der Waals surface area contributed by atoms with E-state index < -0.39 is 0 Å². The standard InChI is InChI=1S/C4H12N2.C3H9N.CH6N2.H4N2/c1-3-5-6-4-2;1-2-3-4;1-3-2;1-2/h5-6H,3-4H2,1-2H3;2-4H2,1H3;3H,2H2,1H3;1-2H2. The molecular formula is C8H31N7. The largest absolute Gasteiger partial charge is 0.330 e. The van der Waals surface area contributed by atoms with Gasteiger partial charge in [0.15, 0.2) is 0 Å². The van der Waals surface area contributed by atoms with Gasteiger partial charge in [0.25, 0.3) is 0 Å². The molecule has 0 radical (unpaired) electrons. The predicted octanol–water partition coefficient (Wildman–Crippen LogP) is -1.63. The van der Waals surface area contributed by atoms with E-state index in [9.17, 15) is 0 Å². The zero-order valence-electron chi connectivity index (χ0n) is 10.6. The lowest BCUT2D eigenvalue weighted by molar-refractivity contribution is 0.573. The summed E-state index contributed by atoms with van der Waals surface area (Å²) in [5.41, 5.74) is 13.2. The van der Waals surface area contributed by atoms with Gasteiger partial charge in [-0.25, -0.2) is 0 Å². The number of nitrogens with two attached hydrogens (primary N) is 4. The van der Waals surface area contributed by atoms with E-state index in [0.717, 1.165) is 26.1 Å². The van der Waals surface area contributed by atoms with Crippen molar-refractivity contribution in [2.24, 2.45) is 23.3 Å². The highest BCUT2D eigenvalue weighted by molar-refractivity contribution is 4.26. The lowest BCUT2D eigenvalue weighted by Gasteiger charge is -1.95. The van der Waals surface area contributed by atoms with Crippen molar-refractivity contribution in [1.82, 2.24) is 16.3 Å². The molecule has 0 aromatic heterocycles. The Labute approximate surface area is 94.2 Å². The molecule has 0 rings (SSSR count). The molecule has 0 saturated carbocycles. The Kier molecular flexibility index (Phi) is 79.0. The molecule has 7 heteroatoms. The molecule has 0 fully saturated rings. The molecule has 0 aliphatic carbocycles. The number of rotatable bonds is 4. The van der Waals surface area contributed by atoms with E-state index in [1.165, 1.54) is 0 Å². The number of hydrogen-bond acceptors (Lipinski definition) is 7. The molecule has 0 aromatic carbocycles. The molecule has 15 heavy (non-hydrogen) atoms. The summed E-state index contributed by atoms with van der Waals surface area (Å²) in [6, 6.07) is 0. The Morgan fingerprint density at radius 2 is 1.13 bits per heavy atom. The van der Waals surface area contributed by atoms with Crippen LogP contribution in [0.25, 0.3) is 0 Å². The predicted molar refractivity (Wildman–Crippen MR) is 68.3 cm³/mol. The first-order valence-corrected chi connectivity index (χ1v) is 5.11. The second-order valence-corrected chi connectivity index (χ2v) is 2.14. The van der Waals surface area contributed by atoms with Gasteiger partial charge in [-0.05, 0) is 20.0 Å². The number of nitrogens with one attached hydrogen (secondary N) is 3. The third-order valence-corrected chi connectivity index (χ3v) is 0.767. The van der Waals surface area contributed by atoms with Crippen LogP contribution in [0.2, 0.25) is 0 Å². The van der Waals surface area contributed by atoms with Crippen LogP contribution in [-0.2, 0) is 0 Å². The van der Waals surface area contributed by atoms with Crippen molar-refractivity contribution in [1.29, 1.82) is 0 Å². The molecular weight excluding hydrogens is 194 g/mol. The van der Waals surface area contributed by atoms with E-state index >= 15 is 0 Å². The lowest BCUT2D eigenvalue weighted by Crippen LogP contribution is -2.30. The summed E-state index contributed by atoms with van der Waals surface area (Å²) >= 11 is 0. The highest BCUT2D eigenvalue weighted by Crippen LogP contribution is 1.57. The highest BCUT2D eigenvalue weighted by Gasteiger charge is 1.67. The van der Waals surface area contributed by atoms with Crippen molar-refractivity contribution in [2.45, 2.75) is 27.2 Å². The third-order valence-electron chi connectivity index (χ3n) is 0.767. The maximum absolute atomic E-state index is 5.03. The van der Waals surface area contributed by atoms with E-state index in [1.807, 2.05) is 0 Å². The smallest absolute Gasteiger partial charge is 0.00713 e. The Balaban J connectivity index is -0.0000000590. The van der Waals surface area contributed by atoms with Gasteiger partial charge in [0.2, 0.25) is 0 Å². The summed E-state index contributed by atoms with van der Waals surface area (Å²) in [5.74, 6) is 12.6. The van der Waals surface area contributed by atoms with Gasteiger partial charge < -0.3 is 5.73 Å². The van der Waals surface area contributed by atoms with Crippen molar-refractivity contribution < 1.29 is 0 Å². The maximum atomic E-state index is 5.03. The van der Waals surface area contributed by atoms with Gasteiger partial charge >= 0.3 is 0 Å². The third kappa shape index (κ3) is 136. The van der Waals surface area contributed by atoms with Crippen molar-refractivity contribution in [3.05, 3.63) is 0 Å². The van der Waals surface area contributed by atoms with Crippen molar-refractivity contribution in [2.75, 3.05) is 26.7 Å². The van der Waals surface area contributed by atoms with Crippen LogP contribution in [-0.4, -0.2) is 26.7 Å². The van der Waals surface area contributed by atoms with Crippen LogP contribution in [0.1, 0.15) is 27.2 Å². The molecule has 0 aliphatic heterocycles. The van der Waals surface area contributed by atoms with Gasteiger partial charge in [-0.1, -0.05) is 20.8 Å². The van der Waals surface area contributed by atoms with E-state index in [2.05, 4.69) is 54.6 Å². The average Bonchev–Trinajstić information content (AvgIpc) is 2.30. The normalized spacial score (nSPS) is 7.20. The molecule has 98 valence electrons. The summed E-state index contributed by atoms with van der Waals surface area (Å²) in [5, 5.41) is 0. The fourth-order valence-corrected chi connectivity index (χ4v) is 0.250. The quantitative estimate of drug-likeness (QED) is 0.173. The Morgan fingerprint density at radius 1 is 0.933 bits per heavy atom. The van der Waals surface area contributed by atoms with Crippen molar-refractivity contribution in [3.63, 3.8) is 0 Å². The maximum Gasteiger partial charge on any atom is 0.00713 e. The zero-order valence-corrected chi connectivity index (χ0v) is 10.6. The summed E-state index contributed by atoms with van der Waals surface area (Å²) in [7, 11) is 1.65. The number of hydrazine groups is 3. The van der Waals surface area contributed by atoms with Crippen LogP contribution in [0, 0.1) is 0 Å². The second kappa shape index (κ2) is 49.2. The Hall–Kier alpha value is -0.280. The molecule has 0 atom stereocenters. The zero-order chi connectivity index (χ0) is 12.9. The van der Waals surface area contributed by atoms with Crippen LogP contribution in [0.3, 0.4) is 0 Å². The molecule has 0 amide bonds. The van der Waals surface area contributed by atoms with Crippen molar-refractivity contribution in [3.8, 4) is 0 Å². The van der Waals surface area contributed by atoms with Gasteiger partial charge in [-0.15, -0.1) is 0 Å². The molecule has 0 bridgehead atoms. The number of hydrogen-bond donors (Lipinski definition) is 7. The topological polar surface area (TPSA) is 140 Å². The van der Waals surface area contributed by atoms with E-state index in [-0.39, 0.29) is 0 Å². The second-order valence-electron chi connectivity index (χ2n) is 2.14. The SMILES string of the molecule is CCCN.CCNNCC.CNN.NN. The van der Waals surface area contributed by atoms with Gasteiger partial charge in [-0.2, -0.15) is 0 Å². The Morgan fingerprint density at radius 3 is 1.20 bits per heavy atom.